The number of H-pyrrole nitrogens is 1. The van der Waals surface area contributed by atoms with Crippen molar-refractivity contribution in [3.8, 4) is 0 Å². The van der Waals surface area contributed by atoms with Gasteiger partial charge in [0, 0.05) is 36.4 Å². The van der Waals surface area contributed by atoms with Crippen LogP contribution in [0.15, 0.2) is 30.5 Å². The lowest BCUT2D eigenvalue weighted by Crippen LogP contribution is -2.49. The number of hydrogen-bond acceptors (Lipinski definition) is 3. The van der Waals surface area contributed by atoms with E-state index in [4.69, 9.17) is 0 Å². The number of aromatic nitrogens is 1. The van der Waals surface area contributed by atoms with E-state index in [9.17, 15) is 13.2 Å². The summed E-state index contributed by atoms with van der Waals surface area (Å²) in [6, 6.07) is 7.66. The quantitative estimate of drug-likeness (QED) is 0.923. The van der Waals surface area contributed by atoms with Gasteiger partial charge in [0.05, 0.1) is 11.7 Å². The van der Waals surface area contributed by atoms with E-state index in [0.29, 0.717) is 6.42 Å². The minimum atomic E-state index is -3.15. The summed E-state index contributed by atoms with van der Waals surface area (Å²) >= 11 is 0. The van der Waals surface area contributed by atoms with Crippen LogP contribution >= 0.6 is 0 Å². The van der Waals surface area contributed by atoms with E-state index in [1.807, 2.05) is 30.5 Å². The van der Waals surface area contributed by atoms with E-state index in [0.717, 1.165) is 35.7 Å². The Hall–Kier alpha value is -1.82. The van der Waals surface area contributed by atoms with Crippen molar-refractivity contribution < 1.29 is 13.2 Å². The van der Waals surface area contributed by atoms with E-state index in [1.54, 1.807) is 11.9 Å². The number of nitrogens with zero attached hydrogens (tertiary/aromatic N) is 1. The third-order valence-corrected chi connectivity index (χ3v) is 6.77. The Morgan fingerprint density at radius 1 is 1.25 bits per heavy atom. The van der Waals surface area contributed by atoms with Crippen LogP contribution in [0, 0.1) is 0 Å². The van der Waals surface area contributed by atoms with E-state index < -0.39 is 15.1 Å². The van der Waals surface area contributed by atoms with Gasteiger partial charge in [0.25, 0.3) is 0 Å². The molecule has 0 unspecified atom stereocenters. The molecule has 0 aliphatic heterocycles. The Bertz CT molecular complexity index is 841. The summed E-state index contributed by atoms with van der Waals surface area (Å²) in [5.74, 6) is -0.0275. The molecule has 1 aromatic carbocycles. The molecule has 2 atom stereocenters. The van der Waals surface area contributed by atoms with Gasteiger partial charge in [-0.05, 0) is 24.5 Å². The van der Waals surface area contributed by atoms with Crippen LogP contribution in [0.5, 0.6) is 0 Å². The van der Waals surface area contributed by atoms with Crippen molar-refractivity contribution in [2.75, 3.05) is 13.3 Å². The van der Waals surface area contributed by atoms with Gasteiger partial charge in [-0.2, -0.15) is 0 Å². The molecule has 1 amide bonds. The molecule has 2 aromatic rings. The highest BCUT2D eigenvalue weighted by Crippen LogP contribution is 2.28. The normalized spacial score (nSPS) is 21.8. The third-order valence-electron chi connectivity index (χ3n) is 5.13. The second-order valence-electron chi connectivity index (χ2n) is 6.76. The van der Waals surface area contributed by atoms with Gasteiger partial charge in [0.2, 0.25) is 5.91 Å². The van der Waals surface area contributed by atoms with Crippen LogP contribution in [-0.4, -0.2) is 48.8 Å². The molecule has 130 valence electrons. The van der Waals surface area contributed by atoms with E-state index in [1.165, 1.54) is 6.26 Å². The molecule has 1 aliphatic carbocycles. The summed E-state index contributed by atoms with van der Waals surface area (Å²) in [5, 5.41) is 0.603. The fourth-order valence-corrected chi connectivity index (χ4v) is 5.25. The van der Waals surface area contributed by atoms with Crippen LogP contribution in [0.25, 0.3) is 10.9 Å². The Morgan fingerprint density at radius 2 is 1.96 bits per heavy atom. The standard InChI is InChI=1S/C18H24N2O3S/c1-20(16-9-5-6-10-17(16)24(2,22)23)18(21)11-13-12-19-15-8-4-3-7-14(13)15/h3-4,7-8,12,16-17,19H,5-6,9-11H2,1-2H3/t16-,17-/m0/s1. The highest BCUT2D eigenvalue weighted by atomic mass is 32.2. The topological polar surface area (TPSA) is 70.2 Å². The molecule has 6 heteroatoms. The summed E-state index contributed by atoms with van der Waals surface area (Å²) < 4.78 is 24.1. The summed E-state index contributed by atoms with van der Waals surface area (Å²) in [6.07, 6.45) is 6.73. The van der Waals surface area contributed by atoms with Crippen molar-refractivity contribution in [3.05, 3.63) is 36.0 Å². The lowest BCUT2D eigenvalue weighted by atomic mass is 9.93. The Balaban J connectivity index is 1.78. The zero-order chi connectivity index (χ0) is 17.3. The Labute approximate surface area is 143 Å². The highest BCUT2D eigenvalue weighted by Gasteiger charge is 2.36. The molecule has 1 N–H and O–H groups in total. The lowest BCUT2D eigenvalue weighted by molar-refractivity contribution is -0.131. The van der Waals surface area contributed by atoms with Crippen LogP contribution in [0.4, 0.5) is 0 Å². The molecule has 0 bridgehead atoms. The summed E-state index contributed by atoms with van der Waals surface area (Å²) in [7, 11) is -1.41. The molecule has 1 aromatic heterocycles. The number of benzene rings is 1. The van der Waals surface area contributed by atoms with E-state index >= 15 is 0 Å². The van der Waals surface area contributed by atoms with Crippen molar-refractivity contribution in [3.63, 3.8) is 0 Å². The van der Waals surface area contributed by atoms with Gasteiger partial charge in [0.15, 0.2) is 9.84 Å². The Morgan fingerprint density at radius 3 is 2.71 bits per heavy atom. The second kappa shape index (κ2) is 6.59. The van der Waals surface area contributed by atoms with Gasteiger partial charge in [-0.3, -0.25) is 4.79 Å². The smallest absolute Gasteiger partial charge is 0.227 e. The number of hydrogen-bond donors (Lipinski definition) is 1. The average molecular weight is 348 g/mol. The zero-order valence-corrected chi connectivity index (χ0v) is 15.0. The maximum Gasteiger partial charge on any atom is 0.227 e. The molecule has 3 rings (SSSR count). The Kier molecular flexibility index (Phi) is 4.67. The molecule has 24 heavy (non-hydrogen) atoms. The number of likely N-dealkylation sites (N-methyl/N-ethyl adjacent to an activating group) is 1. The lowest BCUT2D eigenvalue weighted by Gasteiger charge is -2.37. The van der Waals surface area contributed by atoms with Gasteiger partial charge in [0.1, 0.15) is 0 Å². The molecule has 1 saturated carbocycles. The third kappa shape index (κ3) is 3.34. The highest BCUT2D eigenvalue weighted by molar-refractivity contribution is 7.91. The monoisotopic (exact) mass is 348 g/mol. The molecule has 0 spiro atoms. The minimum absolute atomic E-state index is 0.0275. The molecule has 0 saturated heterocycles. The second-order valence-corrected chi connectivity index (χ2v) is 9.03. The number of nitrogens with one attached hydrogen (secondary N) is 1. The van der Waals surface area contributed by atoms with Crippen LogP contribution < -0.4 is 0 Å². The van der Waals surface area contributed by atoms with E-state index in [-0.39, 0.29) is 18.4 Å². The average Bonchev–Trinajstić information content (AvgIpc) is 2.96. The molecular formula is C18H24N2O3S. The van der Waals surface area contributed by atoms with Gasteiger partial charge >= 0.3 is 0 Å². The van der Waals surface area contributed by atoms with Crippen LogP contribution in [0.2, 0.25) is 0 Å². The first-order valence-electron chi connectivity index (χ1n) is 8.37. The van der Waals surface area contributed by atoms with Crippen molar-refractivity contribution in [1.82, 2.24) is 9.88 Å². The number of fused-ring (bicyclic) bond motifs is 1. The van der Waals surface area contributed by atoms with Crippen LogP contribution in [-0.2, 0) is 21.1 Å². The molecule has 0 radical (unpaired) electrons. The maximum atomic E-state index is 12.7. The predicted molar refractivity (Wildman–Crippen MR) is 95.7 cm³/mol. The van der Waals surface area contributed by atoms with Gasteiger partial charge < -0.3 is 9.88 Å². The molecule has 1 fully saturated rings. The summed E-state index contributed by atoms with van der Waals surface area (Å²) in [6.45, 7) is 0. The number of carbonyl (C=O) groups excluding carboxylic acids is 1. The zero-order valence-electron chi connectivity index (χ0n) is 14.2. The van der Waals surface area contributed by atoms with Gasteiger partial charge in [-0.1, -0.05) is 31.0 Å². The number of aromatic amines is 1. The largest absolute Gasteiger partial charge is 0.361 e. The van der Waals surface area contributed by atoms with Gasteiger partial charge in [-0.15, -0.1) is 0 Å². The van der Waals surface area contributed by atoms with Crippen molar-refractivity contribution in [1.29, 1.82) is 0 Å². The summed E-state index contributed by atoms with van der Waals surface area (Å²) in [5.41, 5.74) is 1.96. The first kappa shape index (κ1) is 17.0. The fourth-order valence-electron chi connectivity index (χ4n) is 3.77. The van der Waals surface area contributed by atoms with Crippen molar-refractivity contribution in [2.45, 2.75) is 43.4 Å². The first-order valence-corrected chi connectivity index (χ1v) is 10.3. The molecule has 1 heterocycles. The molecule has 5 nitrogen and oxygen atoms in total. The molecular weight excluding hydrogens is 324 g/mol. The van der Waals surface area contributed by atoms with Crippen LogP contribution in [0.1, 0.15) is 31.2 Å². The van der Waals surface area contributed by atoms with Crippen LogP contribution in [0.3, 0.4) is 0 Å². The summed E-state index contributed by atoms with van der Waals surface area (Å²) in [4.78, 5) is 17.6. The maximum absolute atomic E-state index is 12.7. The predicted octanol–water partition coefficient (Wildman–Crippen LogP) is 2.52. The first-order chi connectivity index (χ1) is 11.4. The number of carbonyl (C=O) groups is 1. The van der Waals surface area contributed by atoms with Crippen molar-refractivity contribution >= 4 is 26.6 Å². The number of rotatable bonds is 4. The van der Waals surface area contributed by atoms with Gasteiger partial charge in [-0.25, -0.2) is 8.42 Å². The number of para-hydroxylation sites is 1. The molecule has 1 aliphatic rings. The van der Waals surface area contributed by atoms with E-state index in [2.05, 4.69) is 4.98 Å². The number of sulfone groups is 1. The number of amides is 1. The fraction of sp³-hybridized carbons (Fsp3) is 0.500. The van der Waals surface area contributed by atoms with Crippen molar-refractivity contribution in [2.24, 2.45) is 0 Å². The minimum Gasteiger partial charge on any atom is -0.361 e. The SMILES string of the molecule is CN(C(=O)Cc1c[nH]c2ccccc12)[C@H]1CCCC[C@@H]1S(C)(=O)=O.